The van der Waals surface area contributed by atoms with E-state index in [0.717, 1.165) is 9.52 Å². The molecular formula is C12H26O2SSi. The van der Waals surface area contributed by atoms with Crippen molar-refractivity contribution < 1.29 is 9.47 Å². The van der Waals surface area contributed by atoms with Crippen LogP contribution in [0.4, 0.5) is 0 Å². The molecule has 0 N–H and O–H groups in total. The maximum Gasteiger partial charge on any atom is 0.136 e. The first-order valence-corrected chi connectivity index (χ1v) is 8.65. The summed E-state index contributed by atoms with van der Waals surface area (Å²) < 4.78 is 10.3. The van der Waals surface area contributed by atoms with Crippen LogP contribution in [-0.2, 0) is 9.47 Å². The zero-order valence-electron chi connectivity index (χ0n) is 11.0. The van der Waals surface area contributed by atoms with Gasteiger partial charge in [0.15, 0.2) is 0 Å². The molecule has 0 aliphatic rings. The summed E-state index contributed by atoms with van der Waals surface area (Å²) in [5.41, 5.74) is 0. The fraction of sp³-hybridized carbons (Fsp3) is 1.00. The Morgan fingerprint density at radius 1 is 1.00 bits per heavy atom. The lowest BCUT2D eigenvalue weighted by Crippen LogP contribution is -2.21. The highest BCUT2D eigenvalue weighted by atomic mass is 32.2. The lowest BCUT2D eigenvalue weighted by molar-refractivity contribution is -0.0441. The second kappa shape index (κ2) is 13.6. The minimum atomic E-state index is 0.0227. The predicted molar refractivity (Wildman–Crippen MR) is 74.5 cm³/mol. The molecule has 4 heteroatoms. The van der Waals surface area contributed by atoms with Gasteiger partial charge in [-0.3, -0.25) is 0 Å². The van der Waals surface area contributed by atoms with Crippen LogP contribution in [0.15, 0.2) is 0 Å². The van der Waals surface area contributed by atoms with Gasteiger partial charge in [0, 0.05) is 14.2 Å². The molecule has 0 bridgehead atoms. The van der Waals surface area contributed by atoms with Crippen LogP contribution in [0, 0.1) is 0 Å². The Balaban J connectivity index is 3.03. The van der Waals surface area contributed by atoms with Gasteiger partial charge in [-0.1, -0.05) is 32.2 Å². The molecule has 0 aliphatic heterocycles. The Bertz CT molecular complexity index is 132. The van der Waals surface area contributed by atoms with Crippen molar-refractivity contribution in [1.82, 2.24) is 0 Å². The van der Waals surface area contributed by atoms with Crippen LogP contribution in [0.5, 0.6) is 0 Å². The van der Waals surface area contributed by atoms with Gasteiger partial charge in [-0.05, 0) is 24.3 Å². The first kappa shape index (κ1) is 16.5. The maximum absolute atomic E-state index is 5.15. The van der Waals surface area contributed by atoms with Crippen LogP contribution in [0.25, 0.3) is 0 Å². The molecule has 2 radical (unpaired) electrons. The van der Waals surface area contributed by atoms with Crippen molar-refractivity contribution in [2.45, 2.75) is 51.0 Å². The zero-order chi connectivity index (χ0) is 12.1. The number of unbranched alkanes of at least 4 members (excludes halogenated alkanes) is 3. The number of ether oxygens (including phenoxy) is 2. The van der Waals surface area contributed by atoms with Crippen molar-refractivity contribution in [2.75, 3.05) is 25.7 Å². The molecule has 0 spiro atoms. The van der Waals surface area contributed by atoms with Crippen molar-refractivity contribution in [3.63, 3.8) is 0 Å². The van der Waals surface area contributed by atoms with E-state index in [0.29, 0.717) is 0 Å². The van der Waals surface area contributed by atoms with Gasteiger partial charge in [0.2, 0.25) is 0 Å². The monoisotopic (exact) mass is 262 g/mol. The highest BCUT2D eigenvalue weighted by molar-refractivity contribution is 7.99. The van der Waals surface area contributed by atoms with Gasteiger partial charge < -0.3 is 9.47 Å². The molecule has 0 saturated carbocycles. The summed E-state index contributed by atoms with van der Waals surface area (Å²) in [5.74, 6) is 2.65. The van der Waals surface area contributed by atoms with Crippen LogP contribution in [0.3, 0.4) is 0 Å². The van der Waals surface area contributed by atoms with E-state index in [-0.39, 0.29) is 5.91 Å². The highest BCUT2D eigenvalue weighted by Crippen LogP contribution is 2.10. The van der Waals surface area contributed by atoms with Crippen molar-refractivity contribution in [1.29, 1.82) is 0 Å². The first-order chi connectivity index (χ1) is 7.85. The fourth-order valence-electron chi connectivity index (χ4n) is 1.39. The van der Waals surface area contributed by atoms with Gasteiger partial charge >= 0.3 is 0 Å². The van der Waals surface area contributed by atoms with Gasteiger partial charge in [-0.2, -0.15) is 11.8 Å². The number of hydrogen-bond donors (Lipinski definition) is 0. The summed E-state index contributed by atoms with van der Waals surface area (Å²) in [4.78, 5) is 0. The molecule has 0 rings (SSSR count). The maximum atomic E-state index is 5.15. The molecule has 16 heavy (non-hydrogen) atoms. The van der Waals surface area contributed by atoms with Crippen LogP contribution in [0.1, 0.15) is 39.0 Å². The van der Waals surface area contributed by atoms with Crippen molar-refractivity contribution in [2.24, 2.45) is 0 Å². The molecule has 0 amide bonds. The largest absolute Gasteiger partial charge is 0.360 e. The third kappa shape index (κ3) is 11.0. The van der Waals surface area contributed by atoms with E-state index in [1.54, 1.807) is 14.2 Å². The minimum absolute atomic E-state index is 0.0227. The lowest BCUT2D eigenvalue weighted by atomic mass is 10.2. The minimum Gasteiger partial charge on any atom is -0.360 e. The van der Waals surface area contributed by atoms with E-state index in [2.05, 4.69) is 18.7 Å². The summed E-state index contributed by atoms with van der Waals surface area (Å²) in [6.07, 6.45) is 6.81. The molecule has 0 aromatic carbocycles. The molecule has 0 aromatic heterocycles. The Kier molecular flexibility index (Phi) is 14.0. The molecule has 0 unspecified atom stereocenters. The smallest absolute Gasteiger partial charge is 0.136 e. The van der Waals surface area contributed by atoms with Crippen LogP contribution in [-0.4, -0.2) is 41.2 Å². The average Bonchev–Trinajstić information content (AvgIpc) is 2.32. The van der Waals surface area contributed by atoms with Gasteiger partial charge in [-0.15, -0.1) is 0 Å². The van der Waals surface area contributed by atoms with Gasteiger partial charge in [0.1, 0.15) is 15.4 Å². The molecule has 0 aliphatic carbocycles. The third-order valence-corrected chi connectivity index (χ3v) is 4.95. The number of methoxy groups -OCH3 is 2. The summed E-state index contributed by atoms with van der Waals surface area (Å²) >= 11 is 2.09. The molecule has 96 valence electrons. The quantitative estimate of drug-likeness (QED) is 0.305. The second-order valence-corrected chi connectivity index (χ2v) is 6.39. The van der Waals surface area contributed by atoms with Gasteiger partial charge in [0.25, 0.3) is 0 Å². The van der Waals surface area contributed by atoms with Crippen molar-refractivity contribution in [3.05, 3.63) is 0 Å². The van der Waals surface area contributed by atoms with E-state index < -0.39 is 0 Å². The summed E-state index contributed by atoms with van der Waals surface area (Å²) in [6.45, 7) is 2.26. The van der Waals surface area contributed by atoms with Crippen molar-refractivity contribution in [3.8, 4) is 0 Å². The lowest BCUT2D eigenvalue weighted by Gasteiger charge is -2.11. The molecule has 0 atom stereocenters. The number of rotatable bonds is 12. The average molecular weight is 262 g/mol. The molecule has 0 fully saturated rings. The standard InChI is InChI=1S/C12H26O2SSi/c1-4-5-6-7-9-15-10-8-11-16-12(13-2)14-3/h12H,4-11H2,1-3H3. The third-order valence-electron chi connectivity index (χ3n) is 2.35. The summed E-state index contributed by atoms with van der Waals surface area (Å²) in [5, 5.41) is 0. The van der Waals surface area contributed by atoms with Crippen LogP contribution in [0.2, 0.25) is 6.04 Å². The van der Waals surface area contributed by atoms with E-state index in [4.69, 9.17) is 9.47 Å². The van der Waals surface area contributed by atoms with Gasteiger partial charge in [-0.25, -0.2) is 0 Å². The summed E-state index contributed by atoms with van der Waals surface area (Å²) in [7, 11) is 4.20. The van der Waals surface area contributed by atoms with E-state index in [9.17, 15) is 0 Å². The van der Waals surface area contributed by atoms with E-state index >= 15 is 0 Å². The number of thioether (sulfide) groups is 1. The Hall–Kier alpha value is 0.487. The Morgan fingerprint density at radius 2 is 1.69 bits per heavy atom. The van der Waals surface area contributed by atoms with Crippen LogP contribution >= 0.6 is 11.8 Å². The van der Waals surface area contributed by atoms with E-state index in [1.807, 2.05) is 0 Å². The van der Waals surface area contributed by atoms with Gasteiger partial charge in [0.05, 0.1) is 0 Å². The van der Waals surface area contributed by atoms with Crippen molar-refractivity contribution >= 4 is 21.3 Å². The molecular weight excluding hydrogens is 236 g/mol. The van der Waals surface area contributed by atoms with E-state index in [1.165, 1.54) is 49.7 Å². The molecule has 0 heterocycles. The Morgan fingerprint density at radius 3 is 2.31 bits per heavy atom. The predicted octanol–water partition coefficient (Wildman–Crippen LogP) is 3.39. The zero-order valence-corrected chi connectivity index (χ0v) is 12.8. The Labute approximate surface area is 108 Å². The SMILES string of the molecule is CCCCCCSCCC[Si]C(OC)OC. The highest BCUT2D eigenvalue weighted by Gasteiger charge is 2.04. The summed E-state index contributed by atoms with van der Waals surface area (Å²) in [6, 6.07) is 1.23. The molecule has 0 aromatic rings. The first-order valence-electron chi connectivity index (χ1n) is 6.21. The number of hydrogen-bond acceptors (Lipinski definition) is 3. The molecule has 0 saturated heterocycles. The fourth-order valence-corrected chi connectivity index (χ4v) is 3.56. The van der Waals surface area contributed by atoms with Crippen LogP contribution < -0.4 is 0 Å². The normalized spacial score (nSPS) is 11.2. The molecule has 2 nitrogen and oxygen atoms in total. The second-order valence-electron chi connectivity index (χ2n) is 3.78. The topological polar surface area (TPSA) is 18.5 Å².